The molecule has 5 heteroatoms. The van der Waals surface area contributed by atoms with Crippen LogP contribution in [-0.4, -0.2) is 41.5 Å². The molecule has 0 atom stereocenters. The molecule has 1 N–H and O–H groups in total. The van der Waals surface area contributed by atoms with Crippen LogP contribution in [0.5, 0.6) is 0 Å². The van der Waals surface area contributed by atoms with Gasteiger partial charge in [-0.2, -0.15) is 0 Å². The van der Waals surface area contributed by atoms with E-state index in [4.69, 9.17) is 0 Å². The van der Waals surface area contributed by atoms with Gasteiger partial charge in [0, 0.05) is 24.5 Å². The number of para-hydroxylation sites is 1. The van der Waals surface area contributed by atoms with E-state index >= 15 is 0 Å². The van der Waals surface area contributed by atoms with E-state index < -0.39 is 0 Å². The zero-order valence-corrected chi connectivity index (χ0v) is 17.9. The lowest BCUT2D eigenvalue weighted by atomic mass is 9.59. The molecule has 1 saturated heterocycles. The van der Waals surface area contributed by atoms with E-state index in [1.807, 2.05) is 41.4 Å². The zero-order valence-electron chi connectivity index (χ0n) is 17.1. The number of aromatic nitrogens is 1. The molecule has 29 heavy (non-hydrogen) atoms. The normalized spacial score (nSPS) is 21.8. The number of piperidine rings is 1. The summed E-state index contributed by atoms with van der Waals surface area (Å²) < 4.78 is 0. The maximum atomic E-state index is 13.2. The van der Waals surface area contributed by atoms with Crippen molar-refractivity contribution in [3.05, 3.63) is 54.4 Å². The van der Waals surface area contributed by atoms with Crippen molar-refractivity contribution in [3.8, 4) is 0 Å². The van der Waals surface area contributed by atoms with Gasteiger partial charge >= 0.3 is 0 Å². The number of aromatic amines is 1. The Kier molecular flexibility index (Phi) is 6.03. The van der Waals surface area contributed by atoms with Crippen molar-refractivity contribution < 1.29 is 4.79 Å². The van der Waals surface area contributed by atoms with Crippen LogP contribution in [0.4, 0.5) is 5.69 Å². The number of nitrogens with zero attached hydrogens (tertiary/aromatic N) is 2. The van der Waals surface area contributed by atoms with Crippen molar-refractivity contribution in [1.29, 1.82) is 0 Å². The number of hydrogen-bond donors (Lipinski definition) is 1. The van der Waals surface area contributed by atoms with Crippen molar-refractivity contribution in [2.45, 2.75) is 51.0 Å². The zero-order chi connectivity index (χ0) is 19.0. The molecule has 156 valence electrons. The van der Waals surface area contributed by atoms with E-state index in [2.05, 4.69) is 22.0 Å². The molecule has 0 bridgehead atoms. The first kappa shape index (κ1) is 20.5. The molecule has 1 aromatic heterocycles. The second kappa shape index (κ2) is 8.53. The van der Waals surface area contributed by atoms with Crippen molar-refractivity contribution >= 4 is 24.0 Å². The lowest BCUT2D eigenvalue weighted by molar-refractivity contribution is 0.00673. The Hall–Kier alpha value is -1.78. The van der Waals surface area contributed by atoms with Crippen LogP contribution in [0.1, 0.15) is 55.4 Å². The number of amides is 1. The Labute approximate surface area is 180 Å². The Balaban J connectivity index is 0.00000205. The molecule has 1 amide bonds. The summed E-state index contributed by atoms with van der Waals surface area (Å²) in [5.74, 6) is 1.06. The van der Waals surface area contributed by atoms with Gasteiger partial charge in [0.15, 0.2) is 0 Å². The lowest BCUT2D eigenvalue weighted by Crippen LogP contribution is -2.57. The topological polar surface area (TPSA) is 39.3 Å². The number of hydrogen-bond acceptors (Lipinski definition) is 2. The van der Waals surface area contributed by atoms with Crippen molar-refractivity contribution in [1.82, 2.24) is 9.88 Å². The first-order valence-electron chi connectivity index (χ1n) is 11.0. The van der Waals surface area contributed by atoms with Gasteiger partial charge in [-0.05, 0) is 87.2 Å². The fraction of sp³-hybridized carbons (Fsp3) is 0.542. The highest BCUT2D eigenvalue weighted by atomic mass is 35.5. The van der Waals surface area contributed by atoms with Gasteiger partial charge in [-0.3, -0.25) is 4.79 Å². The highest BCUT2D eigenvalue weighted by molar-refractivity contribution is 6.05. The van der Waals surface area contributed by atoms with Crippen LogP contribution in [0.2, 0.25) is 0 Å². The van der Waals surface area contributed by atoms with Crippen LogP contribution in [0.15, 0.2) is 48.7 Å². The predicted octanol–water partition coefficient (Wildman–Crippen LogP) is 5.13. The summed E-state index contributed by atoms with van der Waals surface area (Å²) in [5.41, 5.74) is 2.16. The third-order valence-electron chi connectivity index (χ3n) is 7.44. The van der Waals surface area contributed by atoms with E-state index in [0.29, 0.717) is 17.2 Å². The van der Waals surface area contributed by atoms with Crippen molar-refractivity contribution in [2.24, 2.45) is 11.3 Å². The monoisotopic (exact) mass is 413 g/mol. The molecule has 2 heterocycles. The first-order valence-corrected chi connectivity index (χ1v) is 11.0. The van der Waals surface area contributed by atoms with Crippen LogP contribution in [-0.2, 0) is 0 Å². The minimum atomic E-state index is 0. The quantitative estimate of drug-likeness (QED) is 0.738. The van der Waals surface area contributed by atoms with E-state index in [-0.39, 0.29) is 18.3 Å². The number of H-pyrrole nitrogens is 1. The summed E-state index contributed by atoms with van der Waals surface area (Å²) in [6, 6.07) is 14.3. The van der Waals surface area contributed by atoms with Gasteiger partial charge < -0.3 is 14.8 Å². The lowest BCUT2D eigenvalue weighted by Gasteiger charge is -2.55. The average molecular weight is 414 g/mol. The fourth-order valence-electron chi connectivity index (χ4n) is 5.46. The van der Waals surface area contributed by atoms with Crippen LogP contribution < -0.4 is 4.90 Å². The number of likely N-dealkylation sites (tertiary alicyclic amines) is 1. The molecule has 3 fully saturated rings. The van der Waals surface area contributed by atoms with Gasteiger partial charge in [-0.1, -0.05) is 24.6 Å². The van der Waals surface area contributed by atoms with Crippen LogP contribution >= 0.6 is 12.4 Å². The third kappa shape index (κ3) is 4.10. The molecule has 1 aromatic carbocycles. The van der Waals surface area contributed by atoms with Gasteiger partial charge in [0.25, 0.3) is 5.91 Å². The Morgan fingerprint density at radius 1 is 1.07 bits per heavy atom. The summed E-state index contributed by atoms with van der Waals surface area (Å²) in [5, 5.41) is 0. The summed E-state index contributed by atoms with van der Waals surface area (Å²) in [7, 11) is 0. The SMILES string of the molecule is Cl.O=C(c1ccc[nH]1)N(c1ccccc1)C1CC2(CCN(CC3CCC3)CC2)C1. The van der Waals surface area contributed by atoms with Crippen molar-refractivity contribution in [3.63, 3.8) is 0 Å². The number of nitrogens with one attached hydrogen (secondary N) is 1. The Bertz CT molecular complexity index is 787. The molecular formula is C24H32ClN3O. The standard InChI is InChI=1S/C24H31N3O.ClH/c28-23(22-10-5-13-25-22)27(20-8-2-1-3-9-20)21-16-24(17-21)11-14-26(15-12-24)18-19-6-4-7-19;/h1-3,5,8-10,13,19,21,25H,4,6-7,11-12,14-18H2;1H. The van der Waals surface area contributed by atoms with Crippen molar-refractivity contribution in [2.75, 3.05) is 24.5 Å². The number of anilines is 1. The van der Waals surface area contributed by atoms with E-state index in [1.54, 1.807) is 0 Å². The Morgan fingerprint density at radius 2 is 1.79 bits per heavy atom. The first-order chi connectivity index (χ1) is 13.7. The van der Waals surface area contributed by atoms with Gasteiger partial charge in [0.1, 0.15) is 5.69 Å². The molecule has 5 rings (SSSR count). The molecule has 2 saturated carbocycles. The van der Waals surface area contributed by atoms with Gasteiger partial charge in [0.2, 0.25) is 0 Å². The molecule has 1 spiro atoms. The van der Waals surface area contributed by atoms with Crippen LogP contribution in [0.25, 0.3) is 0 Å². The van der Waals surface area contributed by atoms with Crippen LogP contribution in [0, 0.1) is 11.3 Å². The molecule has 1 aliphatic heterocycles. The summed E-state index contributed by atoms with van der Waals surface area (Å²) in [4.78, 5) is 21.0. The van der Waals surface area contributed by atoms with Crippen LogP contribution in [0.3, 0.4) is 0 Å². The fourth-order valence-corrected chi connectivity index (χ4v) is 5.46. The highest BCUT2D eigenvalue weighted by Gasteiger charge is 2.49. The van der Waals surface area contributed by atoms with E-state index in [0.717, 1.165) is 24.4 Å². The smallest absolute Gasteiger partial charge is 0.274 e. The average Bonchev–Trinajstić information content (AvgIpc) is 3.20. The molecule has 0 radical (unpaired) electrons. The van der Waals surface area contributed by atoms with Gasteiger partial charge in [-0.25, -0.2) is 0 Å². The summed E-state index contributed by atoms with van der Waals surface area (Å²) in [6.45, 7) is 3.82. The van der Waals surface area contributed by atoms with E-state index in [9.17, 15) is 4.79 Å². The number of carbonyl (C=O) groups is 1. The summed E-state index contributed by atoms with van der Waals surface area (Å²) in [6.07, 6.45) is 11.0. The Morgan fingerprint density at radius 3 is 2.38 bits per heavy atom. The molecule has 0 unspecified atom stereocenters. The molecular weight excluding hydrogens is 382 g/mol. The second-order valence-electron chi connectivity index (χ2n) is 9.25. The second-order valence-corrected chi connectivity index (χ2v) is 9.25. The largest absolute Gasteiger partial charge is 0.357 e. The highest BCUT2D eigenvalue weighted by Crippen LogP contribution is 2.52. The van der Waals surface area contributed by atoms with E-state index in [1.165, 1.54) is 51.7 Å². The molecule has 2 aliphatic carbocycles. The van der Waals surface area contributed by atoms with Gasteiger partial charge in [-0.15, -0.1) is 12.4 Å². The van der Waals surface area contributed by atoms with Gasteiger partial charge in [0.05, 0.1) is 0 Å². The maximum Gasteiger partial charge on any atom is 0.274 e. The molecule has 2 aromatic rings. The number of carbonyl (C=O) groups excluding carboxylic acids is 1. The number of halogens is 1. The third-order valence-corrected chi connectivity index (χ3v) is 7.44. The molecule has 3 aliphatic rings. The minimum Gasteiger partial charge on any atom is -0.357 e. The number of benzene rings is 1. The predicted molar refractivity (Wildman–Crippen MR) is 120 cm³/mol. The minimum absolute atomic E-state index is 0. The number of rotatable bonds is 5. The maximum absolute atomic E-state index is 13.2. The summed E-state index contributed by atoms with van der Waals surface area (Å²) >= 11 is 0. The molecule has 4 nitrogen and oxygen atoms in total.